The van der Waals surface area contributed by atoms with E-state index in [9.17, 15) is 0 Å². The van der Waals surface area contributed by atoms with Gasteiger partial charge in [-0.15, -0.1) is 11.6 Å². The minimum absolute atomic E-state index is 0.102. The summed E-state index contributed by atoms with van der Waals surface area (Å²) >= 11 is 12.4. The molecule has 20 heavy (non-hydrogen) atoms. The van der Waals surface area contributed by atoms with Crippen LogP contribution in [0, 0.1) is 5.41 Å². The fraction of sp³-hybridized carbons (Fsp3) is 0.438. The molecule has 0 aliphatic carbocycles. The van der Waals surface area contributed by atoms with Crippen LogP contribution in [0.3, 0.4) is 0 Å². The van der Waals surface area contributed by atoms with Crippen molar-refractivity contribution >= 4 is 39.8 Å². The molecular formula is C16H20Cl2N2. The summed E-state index contributed by atoms with van der Waals surface area (Å²) < 4.78 is 0. The zero-order valence-electron chi connectivity index (χ0n) is 12.1. The first kappa shape index (κ1) is 15.4. The SMILES string of the molecule is CC(C)(C)CC(Cl)CNc1ccnc2cc(Cl)ccc12. The summed E-state index contributed by atoms with van der Waals surface area (Å²) in [4.78, 5) is 4.33. The molecule has 0 aliphatic rings. The molecule has 4 heteroatoms. The number of fused-ring (bicyclic) bond motifs is 1. The lowest BCUT2D eigenvalue weighted by atomic mass is 9.90. The van der Waals surface area contributed by atoms with Gasteiger partial charge in [0.25, 0.3) is 0 Å². The van der Waals surface area contributed by atoms with Crippen molar-refractivity contribution < 1.29 is 0 Å². The van der Waals surface area contributed by atoms with Crippen LogP contribution < -0.4 is 5.32 Å². The van der Waals surface area contributed by atoms with Gasteiger partial charge in [0.2, 0.25) is 0 Å². The summed E-state index contributed by atoms with van der Waals surface area (Å²) in [5.74, 6) is 0. The van der Waals surface area contributed by atoms with Crippen LogP contribution in [0.1, 0.15) is 27.2 Å². The quantitative estimate of drug-likeness (QED) is 0.771. The van der Waals surface area contributed by atoms with E-state index in [4.69, 9.17) is 23.2 Å². The van der Waals surface area contributed by atoms with Crippen molar-refractivity contribution in [2.45, 2.75) is 32.6 Å². The van der Waals surface area contributed by atoms with Gasteiger partial charge >= 0.3 is 0 Å². The standard InChI is InChI=1S/C16H20Cl2N2/c1-16(2,3)9-12(18)10-20-14-6-7-19-15-8-11(17)4-5-13(14)15/h4-8,12H,9-10H2,1-3H3,(H,19,20). The van der Waals surface area contributed by atoms with Gasteiger partial charge < -0.3 is 5.32 Å². The number of nitrogens with zero attached hydrogens (tertiary/aromatic N) is 1. The average Bonchev–Trinajstić information content (AvgIpc) is 2.33. The molecule has 0 amide bonds. The highest BCUT2D eigenvalue weighted by atomic mass is 35.5. The molecule has 1 atom stereocenters. The zero-order chi connectivity index (χ0) is 14.8. The van der Waals surface area contributed by atoms with Crippen LogP contribution in [0.15, 0.2) is 30.5 Å². The maximum absolute atomic E-state index is 6.39. The lowest BCUT2D eigenvalue weighted by Gasteiger charge is -2.22. The number of benzene rings is 1. The first-order valence-electron chi connectivity index (χ1n) is 6.77. The average molecular weight is 311 g/mol. The zero-order valence-corrected chi connectivity index (χ0v) is 13.6. The molecule has 0 aliphatic heterocycles. The van der Waals surface area contributed by atoms with E-state index >= 15 is 0 Å². The highest BCUT2D eigenvalue weighted by Gasteiger charge is 2.16. The summed E-state index contributed by atoms with van der Waals surface area (Å²) in [7, 11) is 0. The van der Waals surface area contributed by atoms with Crippen LogP contribution in [-0.4, -0.2) is 16.9 Å². The molecule has 0 fully saturated rings. The van der Waals surface area contributed by atoms with E-state index in [0.29, 0.717) is 5.02 Å². The number of anilines is 1. The Morgan fingerprint density at radius 3 is 2.70 bits per heavy atom. The Morgan fingerprint density at radius 2 is 2.00 bits per heavy atom. The number of halogens is 2. The van der Waals surface area contributed by atoms with E-state index in [1.807, 2.05) is 24.3 Å². The van der Waals surface area contributed by atoms with E-state index < -0.39 is 0 Å². The Balaban J connectivity index is 2.10. The number of hydrogen-bond donors (Lipinski definition) is 1. The summed E-state index contributed by atoms with van der Waals surface area (Å²) in [5.41, 5.74) is 2.18. The van der Waals surface area contributed by atoms with E-state index in [1.165, 1.54) is 0 Å². The van der Waals surface area contributed by atoms with E-state index in [-0.39, 0.29) is 10.8 Å². The van der Waals surface area contributed by atoms with Gasteiger partial charge in [0.15, 0.2) is 0 Å². The predicted octanol–water partition coefficient (Wildman–Crippen LogP) is 5.34. The first-order chi connectivity index (χ1) is 9.35. The van der Waals surface area contributed by atoms with Crippen LogP contribution in [0.2, 0.25) is 5.02 Å². The number of rotatable bonds is 4. The highest BCUT2D eigenvalue weighted by Crippen LogP contribution is 2.26. The van der Waals surface area contributed by atoms with E-state index in [0.717, 1.165) is 29.6 Å². The number of alkyl halides is 1. The Hall–Kier alpha value is -0.990. The van der Waals surface area contributed by atoms with Gasteiger partial charge in [0.1, 0.15) is 0 Å². The third kappa shape index (κ3) is 4.26. The Morgan fingerprint density at radius 1 is 1.25 bits per heavy atom. The molecular weight excluding hydrogens is 291 g/mol. The molecule has 0 bridgehead atoms. The molecule has 1 heterocycles. The minimum atomic E-state index is 0.102. The topological polar surface area (TPSA) is 24.9 Å². The molecule has 2 nitrogen and oxygen atoms in total. The highest BCUT2D eigenvalue weighted by molar-refractivity contribution is 6.31. The van der Waals surface area contributed by atoms with Gasteiger partial charge in [-0.2, -0.15) is 0 Å². The molecule has 108 valence electrons. The second-order valence-electron chi connectivity index (χ2n) is 6.26. The van der Waals surface area contributed by atoms with Crippen molar-refractivity contribution in [2.75, 3.05) is 11.9 Å². The number of nitrogens with one attached hydrogen (secondary N) is 1. The van der Waals surface area contributed by atoms with Crippen molar-refractivity contribution in [3.05, 3.63) is 35.5 Å². The van der Waals surface area contributed by atoms with E-state index in [2.05, 4.69) is 31.1 Å². The van der Waals surface area contributed by atoms with Crippen LogP contribution in [-0.2, 0) is 0 Å². The van der Waals surface area contributed by atoms with Crippen LogP contribution in [0.25, 0.3) is 10.9 Å². The summed E-state index contributed by atoms with van der Waals surface area (Å²) in [6, 6.07) is 7.70. The van der Waals surface area contributed by atoms with Crippen molar-refractivity contribution in [2.24, 2.45) is 5.41 Å². The van der Waals surface area contributed by atoms with Gasteiger partial charge in [-0.1, -0.05) is 32.4 Å². The monoisotopic (exact) mass is 310 g/mol. The molecule has 0 saturated carbocycles. The summed E-state index contributed by atoms with van der Waals surface area (Å²) in [5, 5.41) is 5.28. The van der Waals surface area contributed by atoms with Crippen LogP contribution >= 0.6 is 23.2 Å². The number of pyridine rings is 1. The smallest absolute Gasteiger partial charge is 0.0737 e. The normalized spacial score (nSPS) is 13.4. The van der Waals surface area contributed by atoms with Crippen molar-refractivity contribution in [1.82, 2.24) is 4.98 Å². The minimum Gasteiger partial charge on any atom is -0.383 e. The van der Waals surface area contributed by atoms with Gasteiger partial charge in [0.05, 0.1) is 10.9 Å². The van der Waals surface area contributed by atoms with Crippen LogP contribution in [0.5, 0.6) is 0 Å². The molecule has 0 spiro atoms. The molecule has 0 saturated heterocycles. The maximum atomic E-state index is 6.39. The second-order valence-corrected chi connectivity index (χ2v) is 7.32. The number of hydrogen-bond acceptors (Lipinski definition) is 2. The molecule has 1 aromatic carbocycles. The van der Waals surface area contributed by atoms with Crippen LogP contribution in [0.4, 0.5) is 5.69 Å². The fourth-order valence-corrected chi connectivity index (χ4v) is 2.94. The second kappa shape index (κ2) is 6.19. The summed E-state index contributed by atoms with van der Waals surface area (Å²) in [6.07, 6.45) is 2.75. The Labute approximate surface area is 130 Å². The Kier molecular flexibility index (Phi) is 4.77. The van der Waals surface area contributed by atoms with Gasteiger partial charge in [-0.25, -0.2) is 0 Å². The first-order valence-corrected chi connectivity index (χ1v) is 7.59. The third-order valence-electron chi connectivity index (χ3n) is 3.05. The lowest BCUT2D eigenvalue weighted by Crippen LogP contribution is -2.20. The van der Waals surface area contributed by atoms with Gasteiger partial charge in [-0.3, -0.25) is 4.98 Å². The van der Waals surface area contributed by atoms with Gasteiger partial charge in [-0.05, 0) is 36.1 Å². The Bertz CT molecular complexity index is 591. The predicted molar refractivity (Wildman–Crippen MR) is 89.0 cm³/mol. The maximum Gasteiger partial charge on any atom is 0.0737 e. The van der Waals surface area contributed by atoms with Crippen molar-refractivity contribution in [3.8, 4) is 0 Å². The van der Waals surface area contributed by atoms with E-state index in [1.54, 1.807) is 6.20 Å². The molecule has 2 aromatic rings. The van der Waals surface area contributed by atoms with Crippen molar-refractivity contribution in [1.29, 1.82) is 0 Å². The molecule has 2 rings (SSSR count). The molecule has 0 radical (unpaired) electrons. The summed E-state index contributed by atoms with van der Waals surface area (Å²) in [6.45, 7) is 7.34. The third-order valence-corrected chi connectivity index (χ3v) is 3.60. The largest absolute Gasteiger partial charge is 0.383 e. The molecule has 1 aromatic heterocycles. The van der Waals surface area contributed by atoms with Crippen molar-refractivity contribution in [3.63, 3.8) is 0 Å². The lowest BCUT2D eigenvalue weighted by molar-refractivity contribution is 0.373. The molecule has 1 N–H and O–H groups in total. The molecule has 1 unspecified atom stereocenters. The fourth-order valence-electron chi connectivity index (χ4n) is 2.23. The van der Waals surface area contributed by atoms with Gasteiger partial charge in [0, 0.05) is 28.8 Å². The number of aromatic nitrogens is 1.